The van der Waals surface area contributed by atoms with E-state index in [1.165, 1.54) is 17.4 Å². The summed E-state index contributed by atoms with van der Waals surface area (Å²) < 4.78 is 0. The third kappa shape index (κ3) is 3.39. The third-order valence-corrected chi connectivity index (χ3v) is 3.93. The molecule has 0 unspecified atom stereocenters. The van der Waals surface area contributed by atoms with Gasteiger partial charge in [0.05, 0.1) is 0 Å². The topological polar surface area (TPSA) is 57.7 Å². The fourth-order valence-electron chi connectivity index (χ4n) is 1.96. The van der Waals surface area contributed by atoms with E-state index in [4.69, 9.17) is 0 Å². The predicted molar refractivity (Wildman–Crippen MR) is 81.6 cm³/mol. The Morgan fingerprint density at radius 2 is 1.90 bits per heavy atom. The summed E-state index contributed by atoms with van der Waals surface area (Å²) in [6, 6.07) is 3.24. The second-order valence-electron chi connectivity index (χ2n) is 5.83. The lowest BCUT2D eigenvalue weighted by molar-refractivity contribution is -0.135. The molecule has 5 nitrogen and oxygen atoms in total. The number of hydrogen-bond donors (Lipinski definition) is 0. The van der Waals surface area contributed by atoms with Crippen molar-refractivity contribution in [1.82, 2.24) is 9.80 Å². The minimum atomic E-state index is -0.637. The van der Waals surface area contributed by atoms with Crippen molar-refractivity contribution in [2.24, 2.45) is 5.41 Å². The highest BCUT2D eigenvalue weighted by atomic mass is 32.1. The zero-order valence-electron chi connectivity index (χ0n) is 12.3. The maximum Gasteiger partial charge on any atom is 0.333 e. The molecule has 21 heavy (non-hydrogen) atoms. The molecule has 1 aromatic heterocycles. The number of carbonyl (C=O) groups excluding carboxylic acids is 3. The van der Waals surface area contributed by atoms with Gasteiger partial charge in [-0.3, -0.25) is 19.4 Å². The van der Waals surface area contributed by atoms with E-state index in [0.29, 0.717) is 0 Å². The van der Waals surface area contributed by atoms with Crippen LogP contribution in [0.4, 0.5) is 4.79 Å². The largest absolute Gasteiger partial charge is 0.333 e. The maximum absolute atomic E-state index is 12.2. The summed E-state index contributed by atoms with van der Waals surface area (Å²) in [7, 11) is 0. The van der Waals surface area contributed by atoms with Gasteiger partial charge in [0.1, 0.15) is 0 Å². The van der Waals surface area contributed by atoms with E-state index in [-0.39, 0.29) is 19.0 Å². The molecule has 2 heterocycles. The molecule has 1 aliphatic heterocycles. The van der Waals surface area contributed by atoms with E-state index in [1.54, 1.807) is 26.8 Å². The van der Waals surface area contributed by atoms with Gasteiger partial charge in [0, 0.05) is 29.5 Å². The fourth-order valence-corrected chi connectivity index (χ4v) is 2.58. The highest BCUT2D eigenvalue weighted by molar-refractivity contribution is 7.10. The molecular weight excluding hydrogens is 288 g/mol. The molecule has 1 aliphatic rings. The number of hydrogen-bond acceptors (Lipinski definition) is 4. The van der Waals surface area contributed by atoms with Gasteiger partial charge in [0.2, 0.25) is 5.91 Å². The number of nitrogens with zero attached hydrogens (tertiary/aromatic N) is 2. The Morgan fingerprint density at radius 1 is 1.24 bits per heavy atom. The highest BCUT2D eigenvalue weighted by Crippen LogP contribution is 2.21. The van der Waals surface area contributed by atoms with Crippen molar-refractivity contribution >= 4 is 35.3 Å². The molecule has 0 spiro atoms. The summed E-state index contributed by atoms with van der Waals surface area (Å²) in [6.07, 6.45) is 3.04. The molecule has 1 fully saturated rings. The van der Waals surface area contributed by atoms with Gasteiger partial charge in [-0.2, -0.15) is 0 Å². The number of thiophene rings is 1. The van der Waals surface area contributed by atoms with Crippen molar-refractivity contribution in [3.05, 3.63) is 28.5 Å². The Kier molecular flexibility index (Phi) is 4.27. The quantitative estimate of drug-likeness (QED) is 0.789. The highest BCUT2D eigenvalue weighted by Gasteiger charge is 2.39. The van der Waals surface area contributed by atoms with Crippen molar-refractivity contribution in [2.45, 2.75) is 20.8 Å². The van der Waals surface area contributed by atoms with Gasteiger partial charge in [-0.1, -0.05) is 26.8 Å². The third-order valence-electron chi connectivity index (χ3n) is 3.10. The predicted octanol–water partition coefficient (Wildman–Crippen LogP) is 2.60. The van der Waals surface area contributed by atoms with E-state index < -0.39 is 17.4 Å². The van der Waals surface area contributed by atoms with Gasteiger partial charge < -0.3 is 0 Å². The number of imide groups is 2. The molecule has 0 radical (unpaired) electrons. The van der Waals surface area contributed by atoms with Crippen molar-refractivity contribution in [1.29, 1.82) is 0 Å². The number of carbonyl (C=O) groups is 3. The Hall–Kier alpha value is -1.95. The average molecular weight is 306 g/mol. The van der Waals surface area contributed by atoms with Crippen LogP contribution in [0, 0.1) is 5.41 Å². The molecule has 0 aliphatic carbocycles. The van der Waals surface area contributed by atoms with Gasteiger partial charge in [0.15, 0.2) is 0 Å². The molecular formula is C15H18N2O3S. The van der Waals surface area contributed by atoms with Crippen molar-refractivity contribution in [3.63, 3.8) is 0 Å². The molecule has 0 saturated carbocycles. The summed E-state index contributed by atoms with van der Waals surface area (Å²) in [5, 5.41) is 1.91. The molecule has 112 valence electrons. The standard InChI is InChI=1S/C15H18N2O3S/c1-15(2,3)13(19)17-9-8-16(14(17)20)12(18)7-6-11-5-4-10-21-11/h4-7,10H,8-9H2,1-3H3/b7-6+. The molecule has 1 aromatic rings. The second kappa shape index (κ2) is 5.81. The molecule has 0 aromatic carbocycles. The van der Waals surface area contributed by atoms with E-state index in [9.17, 15) is 14.4 Å². The molecule has 6 heteroatoms. The fraction of sp³-hybridized carbons (Fsp3) is 0.400. The van der Waals surface area contributed by atoms with Crippen LogP contribution in [0.5, 0.6) is 0 Å². The normalized spacial score (nSPS) is 16.0. The summed E-state index contributed by atoms with van der Waals surface area (Å²) in [5.41, 5.74) is -0.637. The SMILES string of the molecule is CC(C)(C)C(=O)N1CCN(C(=O)/C=C/c2cccs2)C1=O. The van der Waals surface area contributed by atoms with Gasteiger partial charge in [0.25, 0.3) is 5.91 Å². The maximum atomic E-state index is 12.2. The lowest BCUT2D eigenvalue weighted by atomic mass is 9.95. The molecule has 0 N–H and O–H groups in total. The summed E-state index contributed by atoms with van der Waals surface area (Å²) in [4.78, 5) is 39.6. The van der Waals surface area contributed by atoms with Crippen LogP contribution in [0.25, 0.3) is 6.08 Å². The summed E-state index contributed by atoms with van der Waals surface area (Å²) >= 11 is 1.51. The summed E-state index contributed by atoms with van der Waals surface area (Å²) in [6.45, 7) is 5.76. The Bertz CT molecular complexity index is 585. The molecule has 2 rings (SSSR count). The van der Waals surface area contributed by atoms with E-state index >= 15 is 0 Å². The lowest BCUT2D eigenvalue weighted by Crippen LogP contribution is -2.43. The van der Waals surface area contributed by atoms with Gasteiger partial charge in [-0.25, -0.2) is 4.79 Å². The second-order valence-corrected chi connectivity index (χ2v) is 6.81. The Balaban J connectivity index is 2.05. The summed E-state index contributed by atoms with van der Waals surface area (Å²) in [5.74, 6) is -0.650. The van der Waals surface area contributed by atoms with E-state index in [2.05, 4.69) is 0 Å². The van der Waals surface area contributed by atoms with Crippen LogP contribution < -0.4 is 0 Å². The van der Waals surface area contributed by atoms with Crippen molar-refractivity contribution < 1.29 is 14.4 Å². The number of rotatable bonds is 2. The molecule has 4 amide bonds. The monoisotopic (exact) mass is 306 g/mol. The van der Waals surface area contributed by atoms with Gasteiger partial charge in [-0.05, 0) is 17.5 Å². The molecule has 0 atom stereocenters. The van der Waals surface area contributed by atoms with Crippen LogP contribution in [0.3, 0.4) is 0 Å². The Morgan fingerprint density at radius 3 is 2.48 bits per heavy atom. The molecule has 1 saturated heterocycles. The minimum Gasteiger partial charge on any atom is -0.274 e. The Labute approximate surface area is 127 Å². The first-order chi connectivity index (χ1) is 9.80. The zero-order valence-corrected chi connectivity index (χ0v) is 13.1. The van der Waals surface area contributed by atoms with E-state index in [1.807, 2.05) is 17.5 Å². The average Bonchev–Trinajstić information content (AvgIpc) is 3.03. The number of urea groups is 1. The van der Waals surface area contributed by atoms with Crippen LogP contribution >= 0.6 is 11.3 Å². The first kappa shape index (κ1) is 15.4. The van der Waals surface area contributed by atoms with Crippen LogP contribution in [0.2, 0.25) is 0 Å². The van der Waals surface area contributed by atoms with Crippen LogP contribution in [-0.4, -0.2) is 40.7 Å². The van der Waals surface area contributed by atoms with Crippen molar-refractivity contribution in [3.8, 4) is 0 Å². The van der Waals surface area contributed by atoms with Gasteiger partial charge >= 0.3 is 6.03 Å². The van der Waals surface area contributed by atoms with Crippen molar-refractivity contribution in [2.75, 3.05) is 13.1 Å². The lowest BCUT2D eigenvalue weighted by Gasteiger charge is -2.23. The first-order valence-electron chi connectivity index (χ1n) is 6.70. The van der Waals surface area contributed by atoms with Crippen LogP contribution in [0.1, 0.15) is 25.6 Å². The minimum absolute atomic E-state index is 0.244. The van der Waals surface area contributed by atoms with E-state index in [0.717, 1.165) is 14.7 Å². The zero-order chi connectivity index (χ0) is 15.6. The van der Waals surface area contributed by atoms with Gasteiger partial charge in [-0.15, -0.1) is 11.3 Å². The van der Waals surface area contributed by atoms with Crippen LogP contribution in [-0.2, 0) is 9.59 Å². The number of amides is 4. The molecule has 0 bridgehead atoms. The van der Waals surface area contributed by atoms with Crippen LogP contribution in [0.15, 0.2) is 23.6 Å². The first-order valence-corrected chi connectivity index (χ1v) is 7.57. The smallest absolute Gasteiger partial charge is 0.274 e.